The number of urea groups is 1. The van der Waals surface area contributed by atoms with Crippen LogP contribution >= 0.6 is 0 Å². The van der Waals surface area contributed by atoms with Gasteiger partial charge in [-0.15, -0.1) is 0 Å². The van der Waals surface area contributed by atoms with Gasteiger partial charge in [-0.3, -0.25) is 19.8 Å². The molecule has 4 heterocycles. The van der Waals surface area contributed by atoms with Crippen molar-refractivity contribution in [1.29, 1.82) is 0 Å². The number of halogens is 2. The van der Waals surface area contributed by atoms with Crippen LogP contribution in [0.1, 0.15) is 48.0 Å². The van der Waals surface area contributed by atoms with Gasteiger partial charge in [0.1, 0.15) is 11.5 Å². The van der Waals surface area contributed by atoms with Crippen LogP contribution in [0, 0.1) is 0 Å². The third-order valence-corrected chi connectivity index (χ3v) is 5.82. The maximum atomic E-state index is 13.3. The Kier molecular flexibility index (Phi) is 6.81. The van der Waals surface area contributed by atoms with Crippen LogP contribution < -0.4 is 25.8 Å². The molecule has 2 atom stereocenters. The van der Waals surface area contributed by atoms with E-state index < -0.39 is 24.4 Å². The first-order chi connectivity index (χ1) is 16.6. The molecule has 0 aliphatic carbocycles. The Morgan fingerprint density at radius 2 is 1.86 bits per heavy atom. The number of nitrogens with zero attached hydrogens (tertiary/aromatic N) is 4. The van der Waals surface area contributed by atoms with Gasteiger partial charge in [-0.05, 0) is 51.5 Å². The number of fused-ring (bicyclic) bond motifs is 4. The molecule has 0 radical (unpaired) electrons. The molecule has 4 rings (SSSR count). The molecule has 2 aromatic rings. The summed E-state index contributed by atoms with van der Waals surface area (Å²) in [6.07, 6.45) is -0.596. The Hall–Kier alpha value is -3.83. The van der Waals surface area contributed by atoms with Gasteiger partial charge in [0, 0.05) is 30.9 Å². The maximum absolute atomic E-state index is 13.3. The van der Waals surface area contributed by atoms with Crippen molar-refractivity contribution in [2.75, 3.05) is 28.2 Å². The highest BCUT2D eigenvalue weighted by molar-refractivity contribution is 6.05. The number of pyridine rings is 2. The highest BCUT2D eigenvalue weighted by Gasteiger charge is 2.40. The average Bonchev–Trinajstić information content (AvgIpc) is 3.22. The Labute approximate surface area is 201 Å². The number of hydrogen-bond donors (Lipinski definition) is 3. The third kappa shape index (κ3) is 5.15. The van der Waals surface area contributed by atoms with Crippen molar-refractivity contribution < 1.29 is 23.2 Å². The molecular formula is C23H27F2N7O3. The second kappa shape index (κ2) is 9.80. The molecule has 10 nitrogen and oxygen atoms in total. The molecule has 1 saturated heterocycles. The molecule has 0 spiro atoms. The fourth-order valence-corrected chi connectivity index (χ4v) is 4.10. The molecular weight excluding hydrogens is 460 g/mol. The summed E-state index contributed by atoms with van der Waals surface area (Å²) in [6, 6.07) is 4.05. The molecule has 0 saturated carbocycles. The number of anilines is 3. The summed E-state index contributed by atoms with van der Waals surface area (Å²) >= 11 is 0. The third-order valence-electron chi connectivity index (χ3n) is 5.82. The Morgan fingerprint density at radius 3 is 2.57 bits per heavy atom. The summed E-state index contributed by atoms with van der Waals surface area (Å²) in [5.74, 6) is -0.585. The van der Waals surface area contributed by atoms with Crippen molar-refractivity contribution in [3.05, 3.63) is 41.7 Å². The molecule has 4 amide bonds. The van der Waals surface area contributed by atoms with Crippen molar-refractivity contribution in [2.45, 2.75) is 51.7 Å². The van der Waals surface area contributed by atoms with E-state index in [1.54, 1.807) is 12.1 Å². The quantitative estimate of drug-likeness (QED) is 0.576. The summed E-state index contributed by atoms with van der Waals surface area (Å²) in [4.78, 5) is 50.2. The van der Waals surface area contributed by atoms with Crippen molar-refractivity contribution in [3.8, 4) is 0 Å². The highest BCUT2D eigenvalue weighted by atomic mass is 19.3. The van der Waals surface area contributed by atoms with Crippen molar-refractivity contribution in [3.63, 3.8) is 0 Å². The second-order valence-corrected chi connectivity index (χ2v) is 8.88. The molecule has 0 unspecified atom stereocenters. The van der Waals surface area contributed by atoms with Crippen molar-refractivity contribution >= 4 is 35.2 Å². The zero-order valence-electron chi connectivity index (χ0n) is 19.6. The van der Waals surface area contributed by atoms with Crippen molar-refractivity contribution in [1.82, 2.24) is 20.6 Å². The number of rotatable bonds is 6. The fourth-order valence-electron chi connectivity index (χ4n) is 4.10. The molecule has 2 aromatic heterocycles. The van der Waals surface area contributed by atoms with E-state index in [4.69, 9.17) is 0 Å². The predicted molar refractivity (Wildman–Crippen MR) is 126 cm³/mol. The van der Waals surface area contributed by atoms with Gasteiger partial charge >= 0.3 is 6.03 Å². The standard InChI is InChI=1S/C23H27F2N7O3/c1-12(2)27-21(33)14-6-8-26-18(10-14)30-23(35)32-15-7-9-31(11-15)17-5-4-16(29-20(17)32)22(34)28-13(3)19(24)25/h4-6,8,10,12-13,15,19H,7,9,11H2,1-3H3,(H,27,33)(H,28,34)(H,26,30,35)/t13-,15+/m1/s1. The molecule has 3 N–H and O–H groups in total. The van der Waals surface area contributed by atoms with Crippen LogP contribution in [0.4, 0.5) is 30.9 Å². The van der Waals surface area contributed by atoms with E-state index in [-0.39, 0.29) is 35.3 Å². The Morgan fingerprint density at radius 1 is 1.09 bits per heavy atom. The topological polar surface area (TPSA) is 120 Å². The largest absolute Gasteiger partial charge is 0.366 e. The molecule has 1 fully saturated rings. The van der Waals surface area contributed by atoms with Crippen molar-refractivity contribution in [2.24, 2.45) is 0 Å². The minimum atomic E-state index is -2.72. The van der Waals surface area contributed by atoms with Gasteiger partial charge in [0.2, 0.25) is 0 Å². The van der Waals surface area contributed by atoms with Crippen LogP contribution in [-0.2, 0) is 0 Å². The zero-order chi connectivity index (χ0) is 25.3. The smallest absolute Gasteiger partial charge is 0.329 e. The number of carbonyl (C=O) groups is 3. The summed E-state index contributed by atoms with van der Waals surface area (Å²) in [7, 11) is 0. The Balaban J connectivity index is 1.59. The first-order valence-electron chi connectivity index (χ1n) is 11.4. The monoisotopic (exact) mass is 487 g/mol. The summed E-state index contributed by atoms with van der Waals surface area (Å²) in [6.45, 7) is 6.20. The van der Waals surface area contributed by atoms with Crippen LogP contribution in [0.25, 0.3) is 0 Å². The van der Waals surface area contributed by atoms with Gasteiger partial charge in [-0.2, -0.15) is 0 Å². The number of aromatic nitrogens is 2. The molecule has 2 bridgehead atoms. The van der Waals surface area contributed by atoms with Gasteiger partial charge < -0.3 is 15.5 Å². The SMILES string of the molecule is CC(C)NC(=O)c1ccnc(NC(=O)N2c3nc(C(=O)N[C@H](C)C(F)F)ccc3N3CC[C@H]2C3)c1. The average molecular weight is 488 g/mol. The normalized spacial score (nSPS) is 17.3. The van der Waals surface area contributed by atoms with Gasteiger partial charge in [-0.1, -0.05) is 0 Å². The number of alkyl halides is 2. The van der Waals surface area contributed by atoms with Gasteiger partial charge in [-0.25, -0.2) is 23.5 Å². The predicted octanol–water partition coefficient (Wildman–Crippen LogP) is 2.63. The minimum Gasteiger partial charge on any atom is -0.366 e. The van der Waals surface area contributed by atoms with Crippen LogP contribution in [-0.4, -0.2) is 65.5 Å². The second-order valence-electron chi connectivity index (χ2n) is 8.88. The van der Waals surface area contributed by atoms with E-state index in [2.05, 4.69) is 30.8 Å². The Bertz CT molecular complexity index is 1140. The van der Waals surface area contributed by atoms with Gasteiger partial charge in [0.05, 0.1) is 17.8 Å². The highest BCUT2D eigenvalue weighted by Crippen LogP contribution is 2.39. The summed E-state index contributed by atoms with van der Waals surface area (Å²) in [5, 5.41) is 7.72. The molecule has 35 heavy (non-hydrogen) atoms. The van der Waals surface area contributed by atoms with Crippen LogP contribution in [0.15, 0.2) is 30.5 Å². The lowest BCUT2D eigenvalue weighted by Crippen LogP contribution is -2.48. The van der Waals surface area contributed by atoms with Crippen LogP contribution in [0.2, 0.25) is 0 Å². The van der Waals surface area contributed by atoms with Gasteiger partial charge in [0.15, 0.2) is 5.82 Å². The van der Waals surface area contributed by atoms with E-state index in [0.717, 1.165) is 0 Å². The van der Waals surface area contributed by atoms with E-state index in [9.17, 15) is 23.2 Å². The van der Waals surface area contributed by atoms with E-state index in [1.165, 1.54) is 30.2 Å². The fraction of sp³-hybridized carbons (Fsp3) is 0.435. The molecule has 2 aliphatic rings. The summed E-state index contributed by atoms with van der Waals surface area (Å²) in [5.41, 5.74) is 0.952. The number of nitrogens with one attached hydrogen (secondary N) is 3. The zero-order valence-corrected chi connectivity index (χ0v) is 19.6. The van der Waals surface area contributed by atoms with E-state index >= 15 is 0 Å². The van der Waals surface area contributed by atoms with E-state index in [1.807, 2.05) is 13.8 Å². The first-order valence-corrected chi connectivity index (χ1v) is 11.4. The lowest BCUT2D eigenvalue weighted by molar-refractivity contribution is 0.0776. The molecule has 12 heteroatoms. The first kappa shape index (κ1) is 24.3. The van der Waals surface area contributed by atoms with Crippen LogP contribution in [0.3, 0.4) is 0 Å². The lowest BCUT2D eigenvalue weighted by atomic mass is 10.1. The number of amides is 4. The number of carbonyl (C=O) groups excluding carboxylic acids is 3. The molecule has 2 aliphatic heterocycles. The molecule has 186 valence electrons. The molecule has 0 aromatic carbocycles. The number of hydrogen-bond acceptors (Lipinski definition) is 6. The minimum absolute atomic E-state index is 0.0509. The lowest BCUT2D eigenvalue weighted by Gasteiger charge is -2.35. The maximum Gasteiger partial charge on any atom is 0.329 e. The van der Waals surface area contributed by atoms with E-state index in [0.29, 0.717) is 30.8 Å². The van der Waals surface area contributed by atoms with Crippen LogP contribution in [0.5, 0.6) is 0 Å². The summed E-state index contributed by atoms with van der Waals surface area (Å²) < 4.78 is 25.7. The van der Waals surface area contributed by atoms with Gasteiger partial charge in [0.25, 0.3) is 18.2 Å².